The van der Waals surface area contributed by atoms with Gasteiger partial charge in [0.15, 0.2) is 0 Å². The Labute approximate surface area is 136 Å². The molecule has 4 rings (SSSR count). The Morgan fingerprint density at radius 1 is 1.38 bits per heavy atom. The van der Waals surface area contributed by atoms with E-state index in [1.54, 1.807) is 25.1 Å². The highest BCUT2D eigenvalue weighted by Gasteiger charge is 2.68. The maximum absolute atomic E-state index is 12.9. The molecule has 1 aromatic carbocycles. The van der Waals surface area contributed by atoms with E-state index in [0.717, 1.165) is 4.90 Å². The van der Waals surface area contributed by atoms with Crippen molar-refractivity contribution < 1.29 is 24.4 Å². The van der Waals surface area contributed by atoms with Crippen molar-refractivity contribution in [1.29, 1.82) is 0 Å². The normalized spacial score (nSPS) is 33.4. The van der Waals surface area contributed by atoms with Crippen LogP contribution in [0.1, 0.15) is 5.56 Å². The molecular weight excluding hydrogens is 316 g/mol. The Balaban J connectivity index is 1.82. The van der Waals surface area contributed by atoms with Gasteiger partial charge < -0.3 is 9.84 Å². The summed E-state index contributed by atoms with van der Waals surface area (Å²) in [5.41, 5.74) is -0.892. The first-order chi connectivity index (χ1) is 11.4. The molecule has 24 heavy (non-hydrogen) atoms. The van der Waals surface area contributed by atoms with Crippen molar-refractivity contribution in [1.82, 2.24) is 0 Å². The number of hydrogen-bond acceptors (Lipinski definition) is 6. The summed E-state index contributed by atoms with van der Waals surface area (Å²) in [5, 5.41) is 21.0. The number of carbonyl (C=O) groups is 2. The van der Waals surface area contributed by atoms with Crippen molar-refractivity contribution in [2.45, 2.75) is 18.6 Å². The molecule has 2 fully saturated rings. The fourth-order valence-corrected chi connectivity index (χ4v) is 3.89. The number of aryl methyl sites for hydroxylation is 1. The van der Waals surface area contributed by atoms with Crippen molar-refractivity contribution in [3.63, 3.8) is 0 Å². The highest BCUT2D eigenvalue weighted by atomic mass is 16.6. The SMILES string of the molecule is Cc1ccc(N2C(=O)[C@@H]3[C@@H](C2=O)[C@@]2(CO)C=C[C@H]3O2)c([N+](=O)[O-])c1. The van der Waals surface area contributed by atoms with Gasteiger partial charge in [-0.15, -0.1) is 0 Å². The summed E-state index contributed by atoms with van der Waals surface area (Å²) in [4.78, 5) is 37.3. The van der Waals surface area contributed by atoms with Crippen LogP contribution in [0.25, 0.3) is 0 Å². The Morgan fingerprint density at radius 2 is 2.12 bits per heavy atom. The molecule has 8 nitrogen and oxygen atoms in total. The second-order valence-corrected chi connectivity index (χ2v) is 6.32. The summed E-state index contributed by atoms with van der Waals surface area (Å²) in [6.07, 6.45) is 2.68. The van der Waals surface area contributed by atoms with Crippen LogP contribution < -0.4 is 4.90 Å². The van der Waals surface area contributed by atoms with E-state index in [1.165, 1.54) is 12.1 Å². The quantitative estimate of drug-likeness (QED) is 0.378. The van der Waals surface area contributed by atoms with E-state index in [0.29, 0.717) is 5.56 Å². The highest BCUT2D eigenvalue weighted by molar-refractivity contribution is 6.24. The van der Waals surface area contributed by atoms with Gasteiger partial charge in [0.25, 0.3) is 5.69 Å². The third kappa shape index (κ3) is 1.69. The fourth-order valence-electron chi connectivity index (χ4n) is 3.89. The minimum atomic E-state index is -1.21. The molecule has 4 atom stereocenters. The standard InChI is InChI=1S/C16H14N2O6/c1-8-2-3-9(10(6-8)18(22)23)17-14(20)12-11-4-5-16(7-19,24-11)13(12)15(17)21/h2-6,11-13,19H,7H2,1H3/t11-,12+,13+,16+/m1/s1. The summed E-state index contributed by atoms with van der Waals surface area (Å²) >= 11 is 0. The topological polar surface area (TPSA) is 110 Å². The van der Waals surface area contributed by atoms with Gasteiger partial charge in [0.05, 0.1) is 29.5 Å². The molecular formula is C16H14N2O6. The molecule has 8 heteroatoms. The van der Waals surface area contributed by atoms with Gasteiger partial charge in [-0.05, 0) is 18.6 Å². The van der Waals surface area contributed by atoms with Crippen LogP contribution in [0.3, 0.4) is 0 Å². The lowest BCUT2D eigenvalue weighted by Crippen LogP contribution is -2.43. The number of rotatable bonds is 3. The maximum Gasteiger partial charge on any atom is 0.293 e. The molecule has 0 aliphatic carbocycles. The van der Waals surface area contributed by atoms with Crippen LogP contribution in [-0.2, 0) is 14.3 Å². The van der Waals surface area contributed by atoms with Crippen molar-refractivity contribution >= 4 is 23.2 Å². The lowest BCUT2D eigenvalue weighted by molar-refractivity contribution is -0.384. The predicted octanol–water partition coefficient (Wildman–Crippen LogP) is 0.709. The number of nitrogens with zero attached hydrogens (tertiary/aromatic N) is 2. The van der Waals surface area contributed by atoms with Crippen molar-refractivity contribution in [2.24, 2.45) is 11.8 Å². The van der Waals surface area contributed by atoms with Gasteiger partial charge in [0, 0.05) is 6.07 Å². The molecule has 3 aliphatic heterocycles. The predicted molar refractivity (Wildman–Crippen MR) is 81.1 cm³/mol. The molecule has 0 radical (unpaired) electrons. The first-order valence-electron chi connectivity index (χ1n) is 7.50. The van der Waals surface area contributed by atoms with Crippen LogP contribution in [0.2, 0.25) is 0 Å². The molecule has 2 saturated heterocycles. The van der Waals surface area contributed by atoms with Crippen LogP contribution in [0, 0.1) is 28.9 Å². The van der Waals surface area contributed by atoms with Crippen LogP contribution in [0.4, 0.5) is 11.4 Å². The Morgan fingerprint density at radius 3 is 2.79 bits per heavy atom. The third-order valence-electron chi connectivity index (χ3n) is 4.97. The van der Waals surface area contributed by atoms with Gasteiger partial charge in [0.2, 0.25) is 11.8 Å². The number of benzene rings is 1. The fraction of sp³-hybridized carbons (Fsp3) is 0.375. The van der Waals surface area contributed by atoms with E-state index < -0.39 is 46.9 Å². The Kier molecular flexibility index (Phi) is 2.94. The number of fused-ring (bicyclic) bond motifs is 5. The average molecular weight is 330 g/mol. The number of nitro benzene ring substituents is 1. The zero-order valence-electron chi connectivity index (χ0n) is 12.7. The smallest absolute Gasteiger partial charge is 0.293 e. The van der Waals surface area contributed by atoms with Gasteiger partial charge in [-0.1, -0.05) is 18.2 Å². The number of imide groups is 1. The molecule has 0 aromatic heterocycles. The van der Waals surface area contributed by atoms with E-state index in [-0.39, 0.29) is 11.4 Å². The first-order valence-corrected chi connectivity index (χ1v) is 7.50. The second kappa shape index (κ2) is 4.71. The van der Waals surface area contributed by atoms with Crippen LogP contribution in [0.15, 0.2) is 30.4 Å². The Bertz CT molecular complexity index is 819. The number of ether oxygens (including phenoxy) is 1. The van der Waals surface area contributed by atoms with E-state index in [2.05, 4.69) is 0 Å². The minimum absolute atomic E-state index is 0.0394. The van der Waals surface area contributed by atoms with Gasteiger partial charge in [0.1, 0.15) is 11.3 Å². The van der Waals surface area contributed by atoms with Crippen LogP contribution in [0.5, 0.6) is 0 Å². The third-order valence-corrected chi connectivity index (χ3v) is 4.97. The van der Waals surface area contributed by atoms with Gasteiger partial charge in [-0.25, -0.2) is 4.90 Å². The molecule has 1 N–H and O–H groups in total. The monoisotopic (exact) mass is 330 g/mol. The summed E-state index contributed by atoms with van der Waals surface area (Å²) in [6.45, 7) is 1.27. The molecule has 0 spiro atoms. The summed E-state index contributed by atoms with van der Waals surface area (Å²) in [6, 6.07) is 4.35. The Hall–Kier alpha value is -2.58. The van der Waals surface area contributed by atoms with Crippen molar-refractivity contribution in [2.75, 3.05) is 11.5 Å². The molecule has 0 saturated carbocycles. The van der Waals surface area contributed by atoms with Crippen molar-refractivity contribution in [3.8, 4) is 0 Å². The number of aliphatic hydroxyl groups excluding tert-OH is 1. The maximum atomic E-state index is 12.9. The lowest BCUT2D eigenvalue weighted by atomic mass is 9.77. The average Bonchev–Trinajstić information content (AvgIpc) is 3.19. The lowest BCUT2D eigenvalue weighted by Gasteiger charge is -2.26. The molecule has 3 aliphatic rings. The second-order valence-electron chi connectivity index (χ2n) is 6.32. The molecule has 0 unspecified atom stereocenters. The zero-order valence-corrected chi connectivity index (χ0v) is 12.7. The number of carbonyl (C=O) groups excluding carboxylic acids is 2. The molecule has 2 amide bonds. The highest BCUT2D eigenvalue weighted by Crippen LogP contribution is 2.53. The van der Waals surface area contributed by atoms with E-state index in [9.17, 15) is 24.8 Å². The van der Waals surface area contributed by atoms with Crippen molar-refractivity contribution in [3.05, 3.63) is 46.0 Å². The molecule has 1 aromatic rings. The van der Waals surface area contributed by atoms with E-state index >= 15 is 0 Å². The van der Waals surface area contributed by atoms with Gasteiger partial charge in [-0.2, -0.15) is 0 Å². The summed E-state index contributed by atoms with van der Waals surface area (Å²) in [5.74, 6) is -2.71. The van der Waals surface area contributed by atoms with Gasteiger partial charge >= 0.3 is 0 Å². The largest absolute Gasteiger partial charge is 0.393 e. The minimum Gasteiger partial charge on any atom is -0.393 e. The summed E-state index contributed by atoms with van der Waals surface area (Å²) < 4.78 is 5.63. The molecule has 3 heterocycles. The zero-order chi connectivity index (χ0) is 17.2. The number of aliphatic hydroxyl groups is 1. The van der Waals surface area contributed by atoms with Crippen LogP contribution >= 0.6 is 0 Å². The molecule has 124 valence electrons. The number of nitro groups is 1. The van der Waals surface area contributed by atoms with E-state index in [1.807, 2.05) is 0 Å². The first kappa shape index (κ1) is 15.0. The number of anilines is 1. The molecule has 2 bridgehead atoms. The van der Waals surface area contributed by atoms with E-state index in [4.69, 9.17) is 4.74 Å². The number of amides is 2. The van der Waals surface area contributed by atoms with Gasteiger partial charge in [-0.3, -0.25) is 19.7 Å². The van der Waals surface area contributed by atoms with Crippen LogP contribution in [-0.4, -0.2) is 40.2 Å². The number of hydrogen-bond donors (Lipinski definition) is 1. The summed E-state index contributed by atoms with van der Waals surface area (Å²) in [7, 11) is 0.